The van der Waals surface area contributed by atoms with Gasteiger partial charge in [-0.05, 0) is 41.5 Å². The van der Waals surface area contributed by atoms with Crippen LogP contribution in [0.2, 0.25) is 0 Å². The van der Waals surface area contributed by atoms with E-state index >= 15 is 0 Å². The van der Waals surface area contributed by atoms with Gasteiger partial charge in [-0.1, -0.05) is 0 Å². The zero-order valence-corrected chi connectivity index (χ0v) is 17.2. The summed E-state index contributed by atoms with van der Waals surface area (Å²) < 4.78 is 10.4. The summed E-state index contributed by atoms with van der Waals surface area (Å²) in [6, 6.07) is 0. The average Bonchev–Trinajstić information content (AvgIpc) is 2.45. The second-order valence-corrected chi connectivity index (χ2v) is 8.54. The molecule has 1 aliphatic heterocycles. The lowest BCUT2D eigenvalue weighted by molar-refractivity contribution is 0.0495. The van der Waals surface area contributed by atoms with E-state index in [1.165, 1.54) is 0 Å². The second-order valence-electron chi connectivity index (χ2n) is 8.54. The lowest BCUT2D eigenvalue weighted by atomic mass is 10.2. The molecule has 0 saturated carbocycles. The highest BCUT2D eigenvalue weighted by molar-refractivity contribution is 5.67. The third kappa shape index (κ3) is 11.1. The highest BCUT2D eigenvalue weighted by Gasteiger charge is 2.19. The number of carbonyl (C=O) groups is 2. The minimum atomic E-state index is -0.469. The molecule has 152 valence electrons. The van der Waals surface area contributed by atoms with Crippen LogP contribution in [0.3, 0.4) is 0 Å². The van der Waals surface area contributed by atoms with Crippen molar-refractivity contribution in [2.75, 3.05) is 52.4 Å². The van der Waals surface area contributed by atoms with Gasteiger partial charge in [-0.2, -0.15) is 0 Å². The number of hydrogen-bond acceptors (Lipinski definition) is 6. The molecule has 0 aromatic carbocycles. The maximum atomic E-state index is 11.6. The minimum Gasteiger partial charge on any atom is -0.444 e. The van der Waals surface area contributed by atoms with Crippen LogP contribution in [0.15, 0.2) is 0 Å². The van der Waals surface area contributed by atoms with E-state index in [1.807, 2.05) is 41.5 Å². The fourth-order valence-electron chi connectivity index (χ4n) is 2.50. The maximum Gasteiger partial charge on any atom is 0.407 e. The molecule has 1 rings (SSSR count). The van der Waals surface area contributed by atoms with Crippen molar-refractivity contribution in [1.29, 1.82) is 0 Å². The van der Waals surface area contributed by atoms with Crippen LogP contribution in [0, 0.1) is 0 Å². The summed E-state index contributed by atoms with van der Waals surface area (Å²) in [5.41, 5.74) is -0.938. The molecule has 0 aromatic rings. The molecular weight excluding hydrogens is 336 g/mol. The predicted octanol–water partition coefficient (Wildman–Crippen LogP) is 1.65. The van der Waals surface area contributed by atoms with E-state index in [4.69, 9.17) is 9.47 Å². The Hall–Kier alpha value is -1.54. The van der Waals surface area contributed by atoms with Crippen molar-refractivity contribution in [3.63, 3.8) is 0 Å². The molecule has 26 heavy (non-hydrogen) atoms. The monoisotopic (exact) mass is 372 g/mol. The second kappa shape index (κ2) is 9.97. The third-order valence-corrected chi connectivity index (χ3v) is 3.66. The molecule has 0 atom stereocenters. The zero-order chi connectivity index (χ0) is 19.8. The number of carbonyl (C=O) groups excluding carboxylic acids is 2. The molecule has 2 amide bonds. The summed E-state index contributed by atoms with van der Waals surface area (Å²) >= 11 is 0. The van der Waals surface area contributed by atoms with Gasteiger partial charge in [-0.3, -0.25) is 9.80 Å². The van der Waals surface area contributed by atoms with Crippen molar-refractivity contribution >= 4 is 12.2 Å². The number of amides is 2. The Morgan fingerprint density at radius 3 is 1.31 bits per heavy atom. The van der Waals surface area contributed by atoms with E-state index in [9.17, 15) is 9.59 Å². The van der Waals surface area contributed by atoms with Crippen LogP contribution in [-0.2, 0) is 9.47 Å². The van der Waals surface area contributed by atoms with E-state index in [2.05, 4.69) is 20.4 Å². The normalized spacial score (nSPS) is 16.8. The number of piperazine rings is 1. The number of rotatable bonds is 6. The van der Waals surface area contributed by atoms with Crippen molar-refractivity contribution in [3.8, 4) is 0 Å². The average molecular weight is 373 g/mol. The highest BCUT2D eigenvalue weighted by atomic mass is 16.6. The van der Waals surface area contributed by atoms with E-state index in [1.54, 1.807) is 0 Å². The molecular formula is C18H36N4O4. The van der Waals surface area contributed by atoms with Gasteiger partial charge in [-0.15, -0.1) is 0 Å². The Balaban J connectivity index is 2.10. The van der Waals surface area contributed by atoms with Crippen LogP contribution in [-0.4, -0.2) is 85.5 Å². The predicted molar refractivity (Wildman–Crippen MR) is 101 cm³/mol. The lowest BCUT2D eigenvalue weighted by Crippen LogP contribution is -2.50. The zero-order valence-electron chi connectivity index (χ0n) is 17.2. The summed E-state index contributed by atoms with van der Waals surface area (Å²) in [5.74, 6) is 0. The Morgan fingerprint density at radius 1 is 0.731 bits per heavy atom. The van der Waals surface area contributed by atoms with E-state index in [0.717, 1.165) is 39.3 Å². The van der Waals surface area contributed by atoms with Crippen LogP contribution >= 0.6 is 0 Å². The summed E-state index contributed by atoms with van der Waals surface area (Å²) in [5, 5.41) is 5.57. The van der Waals surface area contributed by atoms with Gasteiger partial charge in [0, 0.05) is 52.4 Å². The quantitative estimate of drug-likeness (QED) is 0.738. The highest BCUT2D eigenvalue weighted by Crippen LogP contribution is 2.07. The molecule has 1 aliphatic rings. The molecule has 8 heteroatoms. The molecule has 0 aromatic heterocycles. The fraction of sp³-hybridized carbons (Fsp3) is 0.889. The Kier molecular flexibility index (Phi) is 8.62. The SMILES string of the molecule is CC(C)(C)OC(=O)NCCN1CCN(CCNC(=O)OC(C)(C)C)CC1. The Morgan fingerprint density at radius 2 is 1.04 bits per heavy atom. The van der Waals surface area contributed by atoms with Crippen molar-refractivity contribution < 1.29 is 19.1 Å². The summed E-state index contributed by atoms with van der Waals surface area (Å²) in [4.78, 5) is 27.8. The molecule has 2 N–H and O–H groups in total. The third-order valence-electron chi connectivity index (χ3n) is 3.66. The Bertz CT molecular complexity index is 407. The van der Waals surface area contributed by atoms with Gasteiger partial charge in [0.15, 0.2) is 0 Å². The van der Waals surface area contributed by atoms with E-state index in [0.29, 0.717) is 13.1 Å². The molecule has 1 heterocycles. The fourth-order valence-corrected chi connectivity index (χ4v) is 2.50. The Labute approximate surface area is 157 Å². The molecule has 8 nitrogen and oxygen atoms in total. The van der Waals surface area contributed by atoms with Crippen molar-refractivity contribution in [1.82, 2.24) is 20.4 Å². The van der Waals surface area contributed by atoms with Gasteiger partial charge in [0.05, 0.1) is 0 Å². The number of alkyl carbamates (subject to hydrolysis) is 2. The smallest absolute Gasteiger partial charge is 0.407 e. The lowest BCUT2D eigenvalue weighted by Gasteiger charge is -2.34. The van der Waals surface area contributed by atoms with Crippen molar-refractivity contribution in [3.05, 3.63) is 0 Å². The first-order valence-corrected chi connectivity index (χ1v) is 9.33. The van der Waals surface area contributed by atoms with Crippen LogP contribution in [0.5, 0.6) is 0 Å². The molecule has 1 fully saturated rings. The first-order valence-electron chi connectivity index (χ1n) is 9.33. The molecule has 0 aliphatic carbocycles. The van der Waals surface area contributed by atoms with E-state index < -0.39 is 11.2 Å². The van der Waals surface area contributed by atoms with Gasteiger partial charge in [0.25, 0.3) is 0 Å². The standard InChI is InChI=1S/C18H36N4O4/c1-17(2,3)25-15(23)19-7-9-21-11-13-22(14-12-21)10-8-20-16(24)26-18(4,5)6/h7-14H2,1-6H3,(H,19,23)(H,20,24). The number of nitrogens with one attached hydrogen (secondary N) is 2. The van der Waals surface area contributed by atoms with Gasteiger partial charge in [0.2, 0.25) is 0 Å². The molecule has 0 bridgehead atoms. The largest absolute Gasteiger partial charge is 0.444 e. The summed E-state index contributed by atoms with van der Waals surface area (Å²) in [6.45, 7) is 17.7. The molecule has 0 radical (unpaired) electrons. The van der Waals surface area contributed by atoms with Crippen LogP contribution in [0.25, 0.3) is 0 Å². The summed E-state index contributed by atoms with van der Waals surface area (Å²) in [7, 11) is 0. The molecule has 1 saturated heterocycles. The van der Waals surface area contributed by atoms with Crippen molar-refractivity contribution in [2.45, 2.75) is 52.7 Å². The van der Waals surface area contributed by atoms with Gasteiger partial charge >= 0.3 is 12.2 Å². The number of nitrogens with zero attached hydrogens (tertiary/aromatic N) is 2. The van der Waals surface area contributed by atoms with Gasteiger partial charge in [-0.25, -0.2) is 9.59 Å². The first-order chi connectivity index (χ1) is 11.9. The molecule has 0 spiro atoms. The topological polar surface area (TPSA) is 83.1 Å². The van der Waals surface area contributed by atoms with Crippen LogP contribution in [0.1, 0.15) is 41.5 Å². The van der Waals surface area contributed by atoms with Crippen LogP contribution in [0.4, 0.5) is 9.59 Å². The van der Waals surface area contributed by atoms with Gasteiger partial charge in [0.1, 0.15) is 11.2 Å². The number of ether oxygens (including phenoxy) is 2. The maximum absolute atomic E-state index is 11.6. The summed E-state index contributed by atoms with van der Waals surface area (Å²) in [6.07, 6.45) is -0.742. The van der Waals surface area contributed by atoms with Gasteiger partial charge < -0.3 is 20.1 Å². The van der Waals surface area contributed by atoms with Crippen molar-refractivity contribution in [2.24, 2.45) is 0 Å². The van der Waals surface area contributed by atoms with Crippen LogP contribution < -0.4 is 10.6 Å². The van der Waals surface area contributed by atoms with E-state index in [-0.39, 0.29) is 12.2 Å². The minimum absolute atomic E-state index is 0.371. The molecule has 0 unspecified atom stereocenters. The number of hydrogen-bond donors (Lipinski definition) is 2. The first kappa shape index (κ1) is 22.5.